The lowest BCUT2D eigenvalue weighted by atomic mass is 9.81. The molecule has 1 fully saturated rings. The summed E-state index contributed by atoms with van der Waals surface area (Å²) in [5.74, 6) is -0.425. The molecule has 0 unspecified atom stereocenters. The highest BCUT2D eigenvalue weighted by Crippen LogP contribution is 2.42. The van der Waals surface area contributed by atoms with E-state index in [-0.39, 0.29) is 29.6 Å². The number of carbonyl (C=O) groups is 2. The molecule has 26 heavy (non-hydrogen) atoms. The van der Waals surface area contributed by atoms with Gasteiger partial charge in [-0.2, -0.15) is 5.26 Å². The normalized spacial score (nSPS) is 24.9. The standard InChI is InChI=1S/C19H25N3O3S/c1-10-6-11(10)17(24)25-9-14(23)21-16-13(8-20)12-7-18(2,3)22-19(4,5)15(12)26-16/h10-11,22H,6-7,9H2,1-5H3,(H,21,23)/p+1/t10-,11-/m1/s1. The van der Waals surface area contributed by atoms with Crippen LogP contribution in [0.2, 0.25) is 0 Å². The number of fused-ring (bicyclic) bond motifs is 1. The molecule has 2 heterocycles. The van der Waals surface area contributed by atoms with Crippen molar-refractivity contribution in [3.8, 4) is 6.07 Å². The van der Waals surface area contributed by atoms with E-state index in [0.29, 0.717) is 16.5 Å². The van der Waals surface area contributed by atoms with Crippen LogP contribution < -0.4 is 10.6 Å². The van der Waals surface area contributed by atoms with Crippen LogP contribution in [0.4, 0.5) is 5.00 Å². The summed E-state index contributed by atoms with van der Waals surface area (Å²) in [6, 6.07) is 2.26. The number of hydrogen-bond acceptors (Lipinski definition) is 5. The minimum atomic E-state index is -0.400. The molecule has 1 saturated carbocycles. The molecule has 0 radical (unpaired) electrons. The second kappa shape index (κ2) is 6.36. The maximum atomic E-state index is 12.2. The maximum absolute atomic E-state index is 12.2. The molecule has 2 aliphatic rings. The van der Waals surface area contributed by atoms with Crippen molar-refractivity contribution in [1.82, 2.24) is 0 Å². The van der Waals surface area contributed by atoms with Crippen molar-refractivity contribution < 1.29 is 19.6 Å². The lowest BCUT2D eigenvalue weighted by molar-refractivity contribution is -0.789. The van der Waals surface area contributed by atoms with Gasteiger partial charge in [-0.15, -0.1) is 11.3 Å². The summed E-state index contributed by atoms with van der Waals surface area (Å²) in [7, 11) is 0. The summed E-state index contributed by atoms with van der Waals surface area (Å²) in [6.07, 6.45) is 1.60. The Kier molecular flexibility index (Phi) is 4.62. The molecule has 0 spiro atoms. The van der Waals surface area contributed by atoms with Crippen LogP contribution in [0.3, 0.4) is 0 Å². The molecule has 7 heteroatoms. The molecule has 6 nitrogen and oxygen atoms in total. The van der Waals surface area contributed by atoms with Gasteiger partial charge in [0.2, 0.25) is 0 Å². The van der Waals surface area contributed by atoms with Crippen LogP contribution >= 0.6 is 11.3 Å². The van der Waals surface area contributed by atoms with Gasteiger partial charge in [-0.3, -0.25) is 9.59 Å². The highest BCUT2D eigenvalue weighted by Gasteiger charge is 2.44. The third-order valence-corrected chi connectivity index (χ3v) is 6.59. The number of nitrogens with one attached hydrogen (secondary N) is 1. The van der Waals surface area contributed by atoms with Crippen molar-refractivity contribution in [3.05, 3.63) is 16.0 Å². The highest BCUT2D eigenvalue weighted by molar-refractivity contribution is 7.16. The zero-order valence-electron chi connectivity index (χ0n) is 15.9. The van der Waals surface area contributed by atoms with Crippen LogP contribution in [0, 0.1) is 23.2 Å². The molecule has 0 aromatic carbocycles. The van der Waals surface area contributed by atoms with Crippen LogP contribution in [0.5, 0.6) is 0 Å². The Morgan fingerprint density at radius 2 is 2.04 bits per heavy atom. The van der Waals surface area contributed by atoms with Gasteiger partial charge in [0.25, 0.3) is 5.91 Å². The number of rotatable bonds is 4. The number of amides is 1. The largest absolute Gasteiger partial charge is 0.455 e. The Morgan fingerprint density at radius 1 is 1.38 bits per heavy atom. The van der Waals surface area contributed by atoms with Gasteiger partial charge < -0.3 is 15.4 Å². The summed E-state index contributed by atoms with van der Waals surface area (Å²) < 4.78 is 5.08. The van der Waals surface area contributed by atoms with E-state index in [1.165, 1.54) is 11.3 Å². The summed E-state index contributed by atoms with van der Waals surface area (Å²) in [6.45, 7) is 10.3. The molecule has 3 rings (SSSR count). The van der Waals surface area contributed by atoms with E-state index in [4.69, 9.17) is 4.74 Å². The molecule has 3 N–H and O–H groups in total. The number of thiophene rings is 1. The molecule has 140 valence electrons. The van der Waals surface area contributed by atoms with E-state index >= 15 is 0 Å². The monoisotopic (exact) mass is 376 g/mol. The molecule has 1 amide bonds. The van der Waals surface area contributed by atoms with Gasteiger partial charge in [-0.1, -0.05) is 6.92 Å². The fourth-order valence-corrected chi connectivity index (χ4v) is 5.23. The lowest BCUT2D eigenvalue weighted by Gasteiger charge is -2.38. The minimum Gasteiger partial charge on any atom is -0.455 e. The molecule has 0 saturated heterocycles. The number of nitrogens with zero attached hydrogens (tertiary/aromatic N) is 1. The first-order valence-corrected chi connectivity index (χ1v) is 9.75. The first-order valence-electron chi connectivity index (χ1n) is 8.94. The maximum Gasteiger partial charge on any atom is 0.309 e. The van der Waals surface area contributed by atoms with Gasteiger partial charge in [0, 0.05) is 6.42 Å². The Morgan fingerprint density at radius 3 is 2.62 bits per heavy atom. The van der Waals surface area contributed by atoms with E-state index in [1.54, 1.807) is 0 Å². The molecule has 2 atom stereocenters. The molecule has 1 aliphatic heterocycles. The molecule has 1 aromatic rings. The first-order chi connectivity index (χ1) is 12.0. The molecular formula is C19H26N3O3S+. The van der Waals surface area contributed by atoms with Gasteiger partial charge in [-0.25, -0.2) is 0 Å². The van der Waals surface area contributed by atoms with E-state index in [2.05, 4.69) is 44.4 Å². The van der Waals surface area contributed by atoms with E-state index in [1.807, 2.05) is 6.92 Å². The summed E-state index contributed by atoms with van der Waals surface area (Å²) in [4.78, 5) is 25.1. The van der Waals surface area contributed by atoms with E-state index in [9.17, 15) is 14.9 Å². The highest BCUT2D eigenvalue weighted by atomic mass is 32.1. The van der Waals surface area contributed by atoms with Crippen LogP contribution in [0.15, 0.2) is 0 Å². The molecular weight excluding hydrogens is 350 g/mol. The van der Waals surface area contributed by atoms with Gasteiger partial charge in [0.1, 0.15) is 16.6 Å². The number of esters is 1. The zero-order chi connectivity index (χ0) is 19.3. The fraction of sp³-hybridized carbons (Fsp3) is 0.632. The number of hydrogen-bond donors (Lipinski definition) is 2. The third-order valence-electron chi connectivity index (χ3n) is 5.10. The fourth-order valence-electron chi connectivity index (χ4n) is 3.97. The van der Waals surface area contributed by atoms with Crippen LogP contribution in [0.1, 0.15) is 57.0 Å². The number of ether oxygens (including phenoxy) is 1. The average Bonchev–Trinajstić information content (AvgIpc) is 3.14. The smallest absolute Gasteiger partial charge is 0.309 e. The molecule has 0 bridgehead atoms. The quantitative estimate of drug-likeness (QED) is 0.785. The van der Waals surface area contributed by atoms with Crippen molar-refractivity contribution in [2.75, 3.05) is 11.9 Å². The Hall–Kier alpha value is -1.91. The Labute approximate surface area is 157 Å². The number of nitriles is 1. The molecule has 1 aromatic heterocycles. The zero-order valence-corrected chi connectivity index (χ0v) is 16.8. The van der Waals surface area contributed by atoms with Crippen LogP contribution in [-0.2, 0) is 26.3 Å². The Bertz CT molecular complexity index is 804. The SMILES string of the molecule is C[C@@H]1C[C@H]1C(=O)OCC(=O)Nc1sc2c(c1C#N)CC(C)(C)[NH2+]C2(C)C. The van der Waals surface area contributed by atoms with E-state index < -0.39 is 5.91 Å². The van der Waals surface area contributed by atoms with Crippen molar-refractivity contribution in [2.45, 2.75) is 58.5 Å². The topological polar surface area (TPSA) is 95.8 Å². The summed E-state index contributed by atoms with van der Waals surface area (Å²) >= 11 is 1.45. The summed E-state index contributed by atoms with van der Waals surface area (Å²) in [5.41, 5.74) is 1.38. The second-order valence-corrected chi connectivity index (χ2v) is 9.75. The third kappa shape index (κ3) is 3.62. The van der Waals surface area contributed by atoms with Crippen molar-refractivity contribution >= 4 is 28.2 Å². The lowest BCUT2D eigenvalue weighted by Crippen LogP contribution is -3.03. The number of carbonyl (C=O) groups excluding carboxylic acids is 2. The Balaban J connectivity index is 1.75. The van der Waals surface area contributed by atoms with Gasteiger partial charge in [0.15, 0.2) is 6.61 Å². The van der Waals surface area contributed by atoms with Crippen molar-refractivity contribution in [3.63, 3.8) is 0 Å². The van der Waals surface area contributed by atoms with Crippen LogP contribution in [0.25, 0.3) is 0 Å². The van der Waals surface area contributed by atoms with Crippen molar-refractivity contribution in [1.29, 1.82) is 5.26 Å². The number of anilines is 1. The van der Waals surface area contributed by atoms with Crippen LogP contribution in [-0.4, -0.2) is 24.0 Å². The minimum absolute atomic E-state index is 0.0130. The predicted molar refractivity (Wildman–Crippen MR) is 98.6 cm³/mol. The number of quaternary nitrogens is 1. The first kappa shape index (κ1) is 18.9. The van der Waals surface area contributed by atoms with Gasteiger partial charge in [0.05, 0.1) is 21.9 Å². The second-order valence-electron chi connectivity index (χ2n) is 8.73. The average molecular weight is 377 g/mol. The van der Waals surface area contributed by atoms with E-state index in [0.717, 1.165) is 23.3 Å². The molecule has 1 aliphatic carbocycles. The summed E-state index contributed by atoms with van der Waals surface area (Å²) in [5, 5.41) is 15.3. The predicted octanol–water partition coefficient (Wildman–Crippen LogP) is 1.89. The number of nitrogens with two attached hydrogens (primary N) is 1. The van der Waals surface area contributed by atoms with Crippen molar-refractivity contribution in [2.24, 2.45) is 11.8 Å². The van der Waals surface area contributed by atoms with Gasteiger partial charge in [-0.05, 0) is 45.6 Å². The van der Waals surface area contributed by atoms with Gasteiger partial charge >= 0.3 is 5.97 Å².